The van der Waals surface area contributed by atoms with E-state index in [0.29, 0.717) is 19.1 Å². The standard InChI is InChI=1S/C18H28F3N5O2/c1-23-8-10-24(11-9-23)14-2-5-25(6-3-14)16(28)12-15(27)17-22-4-7-26(17)13-18(19,20)21/h4,7,14-15,27H,2-3,5-6,8-13H2,1H3/t15-/m0/s1. The van der Waals surface area contributed by atoms with Gasteiger partial charge in [0, 0.05) is 57.7 Å². The van der Waals surface area contributed by atoms with E-state index < -0.39 is 18.8 Å². The lowest BCUT2D eigenvalue weighted by Crippen LogP contribution is -2.53. The largest absolute Gasteiger partial charge is 0.406 e. The van der Waals surface area contributed by atoms with E-state index in [1.807, 2.05) is 0 Å². The summed E-state index contributed by atoms with van der Waals surface area (Å²) in [6, 6.07) is 0.466. The predicted molar refractivity (Wildman–Crippen MR) is 96.5 cm³/mol. The van der Waals surface area contributed by atoms with Crippen molar-refractivity contribution < 1.29 is 23.1 Å². The zero-order valence-corrected chi connectivity index (χ0v) is 16.1. The summed E-state index contributed by atoms with van der Waals surface area (Å²) in [5, 5.41) is 10.3. The van der Waals surface area contributed by atoms with E-state index in [2.05, 4.69) is 21.8 Å². The van der Waals surface area contributed by atoms with Crippen molar-refractivity contribution in [2.75, 3.05) is 46.3 Å². The Hall–Kier alpha value is -1.65. The lowest BCUT2D eigenvalue weighted by atomic mass is 10.0. The maximum atomic E-state index is 12.6. The van der Waals surface area contributed by atoms with E-state index in [0.717, 1.165) is 49.8 Å². The normalized spacial score (nSPS) is 21.8. The Kier molecular flexibility index (Phi) is 6.61. The number of likely N-dealkylation sites (tertiary alicyclic amines) is 1. The minimum absolute atomic E-state index is 0.127. The summed E-state index contributed by atoms with van der Waals surface area (Å²) in [4.78, 5) is 22.8. The van der Waals surface area contributed by atoms with Gasteiger partial charge >= 0.3 is 6.18 Å². The first kappa shape index (κ1) is 21.1. The number of alkyl halides is 3. The van der Waals surface area contributed by atoms with Crippen LogP contribution in [0.2, 0.25) is 0 Å². The maximum absolute atomic E-state index is 12.6. The molecule has 0 bridgehead atoms. The molecule has 1 atom stereocenters. The first-order chi connectivity index (χ1) is 13.2. The quantitative estimate of drug-likeness (QED) is 0.798. The Labute approximate surface area is 162 Å². The molecule has 1 aromatic rings. The SMILES string of the molecule is CN1CCN(C2CCN(C(=O)C[C@H](O)c3nccn3CC(F)(F)F)CC2)CC1. The number of nitrogens with zero attached hydrogens (tertiary/aromatic N) is 5. The van der Waals surface area contributed by atoms with Gasteiger partial charge in [0.1, 0.15) is 18.5 Å². The van der Waals surface area contributed by atoms with Gasteiger partial charge in [0.15, 0.2) is 0 Å². The fourth-order valence-electron chi connectivity index (χ4n) is 4.00. The van der Waals surface area contributed by atoms with Crippen LogP contribution < -0.4 is 0 Å². The Morgan fingerprint density at radius 2 is 1.86 bits per heavy atom. The minimum atomic E-state index is -4.41. The minimum Gasteiger partial charge on any atom is -0.385 e. The number of aliphatic hydroxyl groups is 1. The molecule has 10 heteroatoms. The maximum Gasteiger partial charge on any atom is 0.406 e. The number of amides is 1. The van der Waals surface area contributed by atoms with Crippen molar-refractivity contribution in [1.29, 1.82) is 0 Å². The lowest BCUT2D eigenvalue weighted by Gasteiger charge is -2.42. The molecule has 2 aliphatic rings. The molecule has 7 nitrogen and oxygen atoms in total. The number of carbonyl (C=O) groups is 1. The number of hydrogen-bond acceptors (Lipinski definition) is 5. The molecule has 1 aromatic heterocycles. The fourth-order valence-corrected chi connectivity index (χ4v) is 4.00. The third-order valence-electron chi connectivity index (χ3n) is 5.63. The lowest BCUT2D eigenvalue weighted by molar-refractivity contribution is -0.141. The van der Waals surface area contributed by atoms with Gasteiger partial charge in [0.05, 0.1) is 6.42 Å². The van der Waals surface area contributed by atoms with Crippen LogP contribution in [0.15, 0.2) is 12.4 Å². The second kappa shape index (κ2) is 8.79. The van der Waals surface area contributed by atoms with Gasteiger partial charge in [-0.2, -0.15) is 13.2 Å². The molecule has 0 radical (unpaired) electrons. The Balaban J connectivity index is 1.49. The number of piperazine rings is 1. The number of aliphatic hydroxyl groups excluding tert-OH is 1. The molecule has 3 rings (SSSR count). The average Bonchev–Trinajstić information content (AvgIpc) is 3.09. The van der Waals surface area contributed by atoms with Gasteiger partial charge in [-0.15, -0.1) is 0 Å². The highest BCUT2D eigenvalue weighted by molar-refractivity contribution is 5.76. The first-order valence-corrected chi connectivity index (χ1v) is 9.69. The fraction of sp³-hybridized carbons (Fsp3) is 0.778. The second-order valence-corrected chi connectivity index (χ2v) is 7.70. The Morgan fingerprint density at radius 1 is 1.21 bits per heavy atom. The highest BCUT2D eigenvalue weighted by Crippen LogP contribution is 2.24. The Bertz CT molecular complexity index is 650. The predicted octanol–water partition coefficient (Wildman–Crippen LogP) is 1.11. The zero-order chi connectivity index (χ0) is 20.3. The monoisotopic (exact) mass is 403 g/mol. The van der Waals surface area contributed by atoms with Crippen molar-refractivity contribution in [3.8, 4) is 0 Å². The third kappa shape index (κ3) is 5.45. The molecule has 1 amide bonds. The molecule has 2 fully saturated rings. The van der Waals surface area contributed by atoms with Crippen molar-refractivity contribution in [1.82, 2.24) is 24.3 Å². The summed E-state index contributed by atoms with van der Waals surface area (Å²) in [5.41, 5.74) is 0. The molecule has 0 aliphatic carbocycles. The van der Waals surface area contributed by atoms with E-state index in [-0.39, 0.29) is 18.2 Å². The van der Waals surface area contributed by atoms with Crippen LogP contribution in [-0.2, 0) is 11.3 Å². The zero-order valence-electron chi connectivity index (χ0n) is 16.1. The van der Waals surface area contributed by atoms with Crippen LogP contribution in [0.5, 0.6) is 0 Å². The number of likely N-dealkylation sites (N-methyl/N-ethyl adjacent to an activating group) is 1. The first-order valence-electron chi connectivity index (χ1n) is 9.69. The van der Waals surface area contributed by atoms with Crippen molar-refractivity contribution in [3.05, 3.63) is 18.2 Å². The second-order valence-electron chi connectivity index (χ2n) is 7.70. The number of piperidine rings is 1. The number of aromatic nitrogens is 2. The van der Waals surface area contributed by atoms with Gasteiger partial charge in [0.2, 0.25) is 5.91 Å². The number of carbonyl (C=O) groups excluding carboxylic acids is 1. The summed E-state index contributed by atoms with van der Waals surface area (Å²) in [6.07, 6.45) is -1.88. The highest BCUT2D eigenvalue weighted by atomic mass is 19.4. The summed E-state index contributed by atoms with van der Waals surface area (Å²) >= 11 is 0. The topological polar surface area (TPSA) is 64.8 Å². The van der Waals surface area contributed by atoms with Gasteiger partial charge in [-0.25, -0.2) is 4.98 Å². The molecule has 0 saturated carbocycles. The van der Waals surface area contributed by atoms with Crippen molar-refractivity contribution in [2.24, 2.45) is 0 Å². The summed E-state index contributed by atoms with van der Waals surface area (Å²) in [5.74, 6) is -0.371. The highest BCUT2D eigenvalue weighted by Gasteiger charge is 2.32. The van der Waals surface area contributed by atoms with Crippen molar-refractivity contribution in [3.63, 3.8) is 0 Å². The smallest absolute Gasteiger partial charge is 0.385 e. The molecule has 158 valence electrons. The molecule has 2 saturated heterocycles. The molecule has 0 spiro atoms. The van der Waals surface area contributed by atoms with Gasteiger partial charge in [-0.05, 0) is 19.9 Å². The van der Waals surface area contributed by atoms with E-state index in [9.17, 15) is 23.1 Å². The van der Waals surface area contributed by atoms with Crippen LogP contribution >= 0.6 is 0 Å². The molecular weight excluding hydrogens is 375 g/mol. The number of halogens is 3. The van der Waals surface area contributed by atoms with Gasteiger partial charge in [-0.1, -0.05) is 0 Å². The summed E-state index contributed by atoms with van der Waals surface area (Å²) in [7, 11) is 2.12. The molecular formula is C18H28F3N5O2. The van der Waals surface area contributed by atoms with Gasteiger partial charge < -0.3 is 19.5 Å². The van der Waals surface area contributed by atoms with Crippen LogP contribution in [0.1, 0.15) is 31.2 Å². The van der Waals surface area contributed by atoms with Crippen LogP contribution in [0.25, 0.3) is 0 Å². The van der Waals surface area contributed by atoms with Gasteiger partial charge in [-0.3, -0.25) is 9.69 Å². The number of rotatable bonds is 5. The van der Waals surface area contributed by atoms with Crippen molar-refractivity contribution >= 4 is 5.91 Å². The van der Waals surface area contributed by atoms with E-state index in [4.69, 9.17) is 0 Å². The van der Waals surface area contributed by atoms with E-state index in [1.54, 1.807) is 4.90 Å². The van der Waals surface area contributed by atoms with Crippen molar-refractivity contribution in [2.45, 2.75) is 44.1 Å². The van der Waals surface area contributed by atoms with Gasteiger partial charge in [0.25, 0.3) is 0 Å². The average molecular weight is 403 g/mol. The van der Waals surface area contributed by atoms with E-state index >= 15 is 0 Å². The Morgan fingerprint density at radius 3 is 2.46 bits per heavy atom. The molecule has 28 heavy (non-hydrogen) atoms. The van der Waals surface area contributed by atoms with E-state index in [1.165, 1.54) is 6.20 Å². The summed E-state index contributed by atoms with van der Waals surface area (Å²) < 4.78 is 38.7. The van der Waals surface area contributed by atoms with Crippen LogP contribution in [0.3, 0.4) is 0 Å². The third-order valence-corrected chi connectivity index (χ3v) is 5.63. The molecule has 0 aromatic carbocycles. The van der Waals surface area contributed by atoms with Crippen LogP contribution in [0, 0.1) is 0 Å². The molecule has 0 unspecified atom stereocenters. The molecule has 2 aliphatic heterocycles. The van der Waals surface area contributed by atoms with Crippen LogP contribution in [0.4, 0.5) is 13.2 Å². The molecule has 1 N–H and O–H groups in total. The number of imidazole rings is 1. The number of hydrogen-bond donors (Lipinski definition) is 1. The summed E-state index contributed by atoms with van der Waals surface area (Å²) in [6.45, 7) is 4.17. The van der Waals surface area contributed by atoms with Crippen LogP contribution in [-0.4, -0.2) is 93.8 Å². The molecule has 3 heterocycles.